The molecule has 0 atom stereocenters. The molecule has 0 spiro atoms. The Morgan fingerprint density at radius 2 is 1.64 bits per heavy atom. The van der Waals surface area contributed by atoms with Crippen LogP contribution >= 0.6 is 46.1 Å². The number of thiophene rings is 1. The summed E-state index contributed by atoms with van der Waals surface area (Å²) in [6, 6.07) is 8.70. The number of amides is 2. The first kappa shape index (κ1) is 19.5. The van der Waals surface area contributed by atoms with Crippen LogP contribution in [0, 0.1) is 0 Å². The van der Waals surface area contributed by atoms with E-state index in [0.717, 1.165) is 10.1 Å². The lowest BCUT2D eigenvalue weighted by atomic mass is 10.2. The van der Waals surface area contributed by atoms with Crippen LogP contribution in [0.25, 0.3) is 10.1 Å². The van der Waals surface area contributed by atoms with Crippen molar-refractivity contribution in [1.29, 1.82) is 0 Å². The maximum Gasteiger partial charge on any atom is 0.265 e. The van der Waals surface area contributed by atoms with Crippen LogP contribution in [0.4, 0.5) is 0 Å². The molecule has 0 unspecified atom stereocenters. The van der Waals surface area contributed by atoms with E-state index in [9.17, 15) is 9.59 Å². The third-order valence-corrected chi connectivity index (χ3v) is 6.81. The summed E-state index contributed by atoms with van der Waals surface area (Å²) < 4.78 is 0.876. The summed E-state index contributed by atoms with van der Waals surface area (Å²) in [5.74, 6) is -0.312. The lowest BCUT2D eigenvalue weighted by Crippen LogP contribution is -2.50. The Labute approximate surface area is 180 Å². The lowest BCUT2D eigenvalue weighted by Gasteiger charge is -2.34. The van der Waals surface area contributed by atoms with E-state index < -0.39 is 0 Å². The highest BCUT2D eigenvalue weighted by atomic mass is 35.5. The Morgan fingerprint density at radius 1 is 0.964 bits per heavy atom. The molecule has 4 rings (SSSR count). The van der Waals surface area contributed by atoms with Crippen LogP contribution in [-0.4, -0.2) is 52.8 Å². The van der Waals surface area contributed by atoms with Gasteiger partial charge in [0, 0.05) is 47.5 Å². The highest BCUT2D eigenvalue weighted by Crippen LogP contribution is 2.37. The van der Waals surface area contributed by atoms with Gasteiger partial charge in [-0.05, 0) is 24.3 Å². The van der Waals surface area contributed by atoms with Crippen LogP contribution in [0.2, 0.25) is 15.2 Å². The van der Waals surface area contributed by atoms with Crippen LogP contribution in [0.3, 0.4) is 0 Å². The van der Waals surface area contributed by atoms with E-state index in [1.165, 1.54) is 17.5 Å². The summed E-state index contributed by atoms with van der Waals surface area (Å²) >= 11 is 19.8. The highest BCUT2D eigenvalue weighted by Gasteiger charge is 2.29. The first-order valence-corrected chi connectivity index (χ1v) is 10.5. The second-order valence-corrected chi connectivity index (χ2v) is 8.54. The zero-order valence-electron chi connectivity index (χ0n) is 14.5. The van der Waals surface area contributed by atoms with E-state index in [1.807, 2.05) is 6.07 Å². The molecule has 0 radical (unpaired) electrons. The Hall–Kier alpha value is -1.86. The smallest absolute Gasteiger partial charge is 0.265 e. The highest BCUT2D eigenvalue weighted by molar-refractivity contribution is 7.21. The minimum absolute atomic E-state index is 0.131. The van der Waals surface area contributed by atoms with Crippen molar-refractivity contribution in [2.75, 3.05) is 26.2 Å². The number of rotatable bonds is 2. The first-order chi connectivity index (χ1) is 13.5. The Balaban J connectivity index is 1.48. The molecule has 1 aromatic carbocycles. The predicted octanol–water partition coefficient (Wildman–Crippen LogP) is 4.85. The van der Waals surface area contributed by atoms with E-state index in [2.05, 4.69) is 4.98 Å². The Bertz CT molecular complexity index is 1080. The topological polar surface area (TPSA) is 53.5 Å². The molecule has 0 bridgehead atoms. The number of halogens is 3. The molecule has 9 heteroatoms. The number of aromatic nitrogens is 1. The normalized spacial score (nSPS) is 14.5. The fraction of sp³-hybridized carbons (Fsp3) is 0.211. The summed E-state index contributed by atoms with van der Waals surface area (Å²) in [6.45, 7) is 1.69. The molecule has 144 valence electrons. The van der Waals surface area contributed by atoms with Crippen LogP contribution in [-0.2, 0) is 0 Å². The van der Waals surface area contributed by atoms with Gasteiger partial charge in [-0.1, -0.05) is 40.9 Å². The number of pyridine rings is 1. The van der Waals surface area contributed by atoms with Crippen LogP contribution in [0.5, 0.6) is 0 Å². The summed E-state index contributed by atoms with van der Waals surface area (Å²) in [6.07, 6.45) is 1.54. The third kappa shape index (κ3) is 3.57. The van der Waals surface area contributed by atoms with Gasteiger partial charge in [0.25, 0.3) is 11.8 Å². The van der Waals surface area contributed by atoms with E-state index in [1.54, 1.807) is 34.1 Å². The largest absolute Gasteiger partial charge is 0.335 e. The first-order valence-electron chi connectivity index (χ1n) is 8.52. The number of carbonyl (C=O) groups excluding carboxylic acids is 2. The van der Waals surface area contributed by atoms with Crippen molar-refractivity contribution in [3.63, 3.8) is 0 Å². The number of carbonyl (C=O) groups is 2. The third-order valence-electron chi connectivity index (χ3n) is 4.63. The van der Waals surface area contributed by atoms with Gasteiger partial charge in [0.05, 0.1) is 10.6 Å². The number of hydrogen-bond donors (Lipinski definition) is 0. The van der Waals surface area contributed by atoms with Crippen molar-refractivity contribution in [1.82, 2.24) is 14.8 Å². The van der Waals surface area contributed by atoms with E-state index in [4.69, 9.17) is 34.8 Å². The minimum Gasteiger partial charge on any atom is -0.335 e. The minimum atomic E-state index is -0.181. The van der Waals surface area contributed by atoms with Crippen LogP contribution in [0.1, 0.15) is 20.0 Å². The predicted molar refractivity (Wildman–Crippen MR) is 113 cm³/mol. The van der Waals surface area contributed by atoms with Crippen LogP contribution < -0.4 is 0 Å². The van der Waals surface area contributed by atoms with Crippen LogP contribution in [0.15, 0.2) is 36.5 Å². The quantitative estimate of drug-likeness (QED) is 0.520. The van der Waals surface area contributed by atoms with E-state index in [0.29, 0.717) is 46.7 Å². The van der Waals surface area contributed by atoms with Crippen molar-refractivity contribution in [3.05, 3.63) is 62.2 Å². The number of nitrogens with zero attached hydrogens (tertiary/aromatic N) is 3. The molecular formula is C19H14Cl3N3O2S. The molecule has 28 heavy (non-hydrogen) atoms. The van der Waals surface area contributed by atoms with Crippen molar-refractivity contribution < 1.29 is 9.59 Å². The number of fused-ring (bicyclic) bond motifs is 1. The number of piperazine rings is 1. The fourth-order valence-corrected chi connectivity index (χ4v) is 5.10. The van der Waals surface area contributed by atoms with Gasteiger partial charge in [0.1, 0.15) is 10.0 Å². The zero-order chi connectivity index (χ0) is 19.8. The molecule has 0 aliphatic carbocycles. The van der Waals surface area contributed by atoms with Gasteiger partial charge in [0.15, 0.2) is 0 Å². The monoisotopic (exact) mass is 453 g/mol. The maximum atomic E-state index is 13.0. The van der Waals surface area contributed by atoms with Gasteiger partial charge in [0.2, 0.25) is 0 Å². The van der Waals surface area contributed by atoms with E-state index in [-0.39, 0.29) is 17.0 Å². The molecule has 0 N–H and O–H groups in total. The molecule has 1 fully saturated rings. The molecule has 1 aliphatic rings. The SMILES string of the molecule is O=C(c1cccnc1Cl)N1CCN(C(=O)c2sc3cc(Cl)ccc3c2Cl)CC1. The molecule has 0 saturated carbocycles. The second kappa shape index (κ2) is 7.87. The molecule has 5 nitrogen and oxygen atoms in total. The molecule has 2 amide bonds. The Morgan fingerprint density at radius 3 is 2.32 bits per heavy atom. The maximum absolute atomic E-state index is 13.0. The van der Waals surface area contributed by atoms with Crippen molar-refractivity contribution in [2.45, 2.75) is 0 Å². The summed E-state index contributed by atoms with van der Waals surface area (Å²) in [4.78, 5) is 33.4. The van der Waals surface area contributed by atoms with Crippen molar-refractivity contribution in [2.24, 2.45) is 0 Å². The van der Waals surface area contributed by atoms with Crippen molar-refractivity contribution in [3.8, 4) is 0 Å². The molecule has 2 aromatic heterocycles. The average molecular weight is 455 g/mol. The number of hydrogen-bond acceptors (Lipinski definition) is 4. The average Bonchev–Trinajstić information content (AvgIpc) is 3.03. The standard InChI is InChI=1S/C19H14Cl3N3O2S/c20-11-3-4-12-14(10-11)28-16(15(12)21)19(27)25-8-6-24(7-9-25)18(26)13-2-1-5-23-17(13)22/h1-5,10H,6-9H2. The van der Waals surface area contributed by atoms with Crippen molar-refractivity contribution >= 4 is 68.0 Å². The molecule has 1 saturated heterocycles. The Kier molecular flexibility index (Phi) is 5.47. The molecular weight excluding hydrogens is 441 g/mol. The fourth-order valence-electron chi connectivity index (χ4n) is 3.15. The van der Waals surface area contributed by atoms with Gasteiger partial charge in [-0.2, -0.15) is 0 Å². The molecule has 1 aliphatic heterocycles. The van der Waals surface area contributed by atoms with Gasteiger partial charge < -0.3 is 9.80 Å². The van der Waals surface area contributed by atoms with Gasteiger partial charge in [-0.3, -0.25) is 9.59 Å². The van der Waals surface area contributed by atoms with Gasteiger partial charge in [-0.15, -0.1) is 11.3 Å². The second-order valence-electron chi connectivity index (χ2n) is 6.31. The molecule has 3 heterocycles. The summed E-state index contributed by atoms with van der Waals surface area (Å²) in [5, 5.41) is 2.05. The summed E-state index contributed by atoms with van der Waals surface area (Å²) in [5.41, 5.74) is 0.369. The summed E-state index contributed by atoms with van der Waals surface area (Å²) in [7, 11) is 0. The zero-order valence-corrected chi connectivity index (χ0v) is 17.6. The number of benzene rings is 1. The van der Waals surface area contributed by atoms with Gasteiger partial charge in [-0.25, -0.2) is 4.98 Å². The van der Waals surface area contributed by atoms with E-state index >= 15 is 0 Å². The van der Waals surface area contributed by atoms with Gasteiger partial charge >= 0.3 is 0 Å². The lowest BCUT2D eigenvalue weighted by molar-refractivity contribution is 0.0538. The molecule has 3 aromatic rings.